The second kappa shape index (κ2) is 7.99. The first-order valence-electron chi connectivity index (χ1n) is 9.16. The number of anilines is 1. The summed E-state index contributed by atoms with van der Waals surface area (Å²) < 4.78 is 11.4. The van der Waals surface area contributed by atoms with Gasteiger partial charge < -0.3 is 10.1 Å². The highest BCUT2D eigenvalue weighted by Gasteiger charge is 2.14. The van der Waals surface area contributed by atoms with E-state index in [1.54, 1.807) is 41.9 Å². The van der Waals surface area contributed by atoms with E-state index < -0.39 is 0 Å². The molecule has 10 heteroatoms. The molecule has 1 aromatic carbocycles. The molecule has 0 radical (unpaired) electrons. The largest absolute Gasteiger partial charge is 0.439 e. The third-order valence-corrected chi connectivity index (χ3v) is 5.52. The quantitative estimate of drug-likeness (QED) is 0.522. The number of hydrogen-bond acceptors (Lipinski definition) is 8. The van der Waals surface area contributed by atoms with E-state index in [-0.39, 0.29) is 5.91 Å². The van der Waals surface area contributed by atoms with Crippen molar-refractivity contribution in [2.24, 2.45) is 0 Å². The zero-order valence-electron chi connectivity index (χ0n) is 16.9. The van der Waals surface area contributed by atoms with Gasteiger partial charge in [0, 0.05) is 17.4 Å². The number of nitrogens with zero attached hydrogens (tertiary/aromatic N) is 6. The highest BCUT2D eigenvalue weighted by atomic mass is 32.1. The number of aromatic nitrogens is 6. The Morgan fingerprint density at radius 1 is 1.07 bits per heavy atom. The van der Waals surface area contributed by atoms with Crippen molar-refractivity contribution < 1.29 is 9.53 Å². The Bertz CT molecular complexity index is 1210. The number of benzene rings is 1. The van der Waals surface area contributed by atoms with Crippen molar-refractivity contribution in [3.05, 3.63) is 64.2 Å². The van der Waals surface area contributed by atoms with Gasteiger partial charge in [0.1, 0.15) is 17.0 Å². The van der Waals surface area contributed by atoms with Crippen LogP contribution in [0.15, 0.2) is 36.7 Å². The summed E-state index contributed by atoms with van der Waals surface area (Å²) in [7, 11) is 0. The number of carbonyl (C=O) groups excluding carboxylic acids is 1. The van der Waals surface area contributed by atoms with Crippen LogP contribution in [0.2, 0.25) is 0 Å². The Labute approximate surface area is 176 Å². The van der Waals surface area contributed by atoms with E-state index in [0.29, 0.717) is 33.7 Å². The van der Waals surface area contributed by atoms with Crippen LogP contribution in [-0.2, 0) is 0 Å². The van der Waals surface area contributed by atoms with E-state index in [1.807, 2.05) is 20.8 Å². The van der Waals surface area contributed by atoms with Gasteiger partial charge in [0.25, 0.3) is 5.91 Å². The molecule has 0 fully saturated rings. The number of carbonyl (C=O) groups is 1. The zero-order chi connectivity index (χ0) is 21.3. The third kappa shape index (κ3) is 3.90. The first-order chi connectivity index (χ1) is 14.4. The number of rotatable bonds is 5. The standard InChI is InChI=1S/C20H19N7O2S/c1-11-12(2)25-27(14(11)4)17-9-18(22-10-21-17)29-16-7-5-15(6-8-16)23-20(28)19-13(3)24-26-30-19/h5-10H,1-4H3,(H,23,28). The van der Waals surface area contributed by atoms with Gasteiger partial charge in [-0.1, -0.05) is 4.49 Å². The Balaban J connectivity index is 1.48. The van der Waals surface area contributed by atoms with Crippen molar-refractivity contribution in [2.45, 2.75) is 27.7 Å². The maximum atomic E-state index is 12.3. The van der Waals surface area contributed by atoms with Crippen molar-refractivity contribution in [3.8, 4) is 17.4 Å². The summed E-state index contributed by atoms with van der Waals surface area (Å²) in [6, 6.07) is 8.74. The molecular formula is C20H19N7O2S. The van der Waals surface area contributed by atoms with Crippen LogP contribution in [-0.4, -0.2) is 35.2 Å². The summed E-state index contributed by atoms with van der Waals surface area (Å²) in [4.78, 5) is 21.2. The first-order valence-corrected chi connectivity index (χ1v) is 9.93. The molecule has 30 heavy (non-hydrogen) atoms. The smallest absolute Gasteiger partial charge is 0.269 e. The molecule has 0 saturated carbocycles. The minimum atomic E-state index is -0.239. The minimum absolute atomic E-state index is 0.239. The molecule has 1 amide bonds. The van der Waals surface area contributed by atoms with Gasteiger partial charge in [-0.2, -0.15) is 5.10 Å². The van der Waals surface area contributed by atoms with Crippen LogP contribution >= 0.6 is 11.5 Å². The number of nitrogens with one attached hydrogen (secondary N) is 1. The molecular weight excluding hydrogens is 402 g/mol. The Kier molecular flexibility index (Phi) is 5.23. The average Bonchev–Trinajstić information content (AvgIpc) is 3.28. The van der Waals surface area contributed by atoms with Crippen LogP contribution in [0.3, 0.4) is 0 Å². The number of ether oxygens (including phenoxy) is 1. The molecule has 3 heterocycles. The van der Waals surface area contributed by atoms with Gasteiger partial charge in [0.05, 0.1) is 11.4 Å². The second-order valence-electron chi connectivity index (χ2n) is 6.69. The Hall–Kier alpha value is -3.66. The van der Waals surface area contributed by atoms with Crippen molar-refractivity contribution in [2.75, 3.05) is 5.32 Å². The molecule has 0 bridgehead atoms. The van der Waals surface area contributed by atoms with Crippen molar-refractivity contribution in [1.29, 1.82) is 0 Å². The van der Waals surface area contributed by atoms with Crippen molar-refractivity contribution >= 4 is 23.1 Å². The van der Waals surface area contributed by atoms with Gasteiger partial charge in [-0.15, -0.1) is 5.10 Å². The lowest BCUT2D eigenvalue weighted by Gasteiger charge is -2.08. The number of hydrogen-bond donors (Lipinski definition) is 1. The molecule has 0 atom stereocenters. The fourth-order valence-corrected chi connectivity index (χ4v) is 3.35. The molecule has 9 nitrogen and oxygen atoms in total. The van der Waals surface area contributed by atoms with E-state index in [2.05, 4.69) is 30.0 Å². The van der Waals surface area contributed by atoms with Crippen molar-refractivity contribution in [1.82, 2.24) is 29.3 Å². The molecule has 0 aliphatic rings. The van der Waals surface area contributed by atoms with Gasteiger partial charge in [-0.05, 0) is 69.1 Å². The van der Waals surface area contributed by atoms with E-state index in [4.69, 9.17) is 4.74 Å². The maximum absolute atomic E-state index is 12.3. The van der Waals surface area contributed by atoms with Gasteiger partial charge in [-0.3, -0.25) is 4.79 Å². The predicted octanol–water partition coefficient (Wildman–Crippen LogP) is 3.79. The van der Waals surface area contributed by atoms with Crippen LogP contribution in [0.25, 0.3) is 5.82 Å². The van der Waals surface area contributed by atoms with Crippen LogP contribution in [0, 0.1) is 27.7 Å². The van der Waals surface area contributed by atoms with Crippen LogP contribution in [0.4, 0.5) is 5.69 Å². The van der Waals surface area contributed by atoms with Gasteiger partial charge in [-0.25, -0.2) is 14.6 Å². The van der Waals surface area contributed by atoms with Crippen LogP contribution in [0.5, 0.6) is 11.6 Å². The summed E-state index contributed by atoms with van der Waals surface area (Å²) in [6.07, 6.45) is 1.44. The van der Waals surface area contributed by atoms with Gasteiger partial charge in [0.15, 0.2) is 5.82 Å². The highest BCUT2D eigenvalue weighted by Crippen LogP contribution is 2.24. The summed E-state index contributed by atoms with van der Waals surface area (Å²) in [6.45, 7) is 7.73. The topological polar surface area (TPSA) is 108 Å². The molecule has 3 aromatic heterocycles. The third-order valence-electron chi connectivity index (χ3n) is 4.69. The summed E-state index contributed by atoms with van der Waals surface area (Å²) >= 11 is 1.07. The van der Waals surface area contributed by atoms with Gasteiger partial charge >= 0.3 is 0 Å². The molecule has 4 rings (SSSR count). The van der Waals surface area contributed by atoms with E-state index in [9.17, 15) is 4.79 Å². The fraction of sp³-hybridized carbons (Fsp3) is 0.200. The first kappa shape index (κ1) is 19.6. The number of aryl methyl sites for hydroxylation is 2. The molecule has 152 valence electrons. The average molecular weight is 421 g/mol. The Morgan fingerprint density at radius 2 is 1.83 bits per heavy atom. The SMILES string of the molecule is Cc1nnsc1C(=O)Nc1ccc(Oc2cc(-n3nc(C)c(C)c3C)ncn2)cc1. The van der Waals surface area contributed by atoms with Crippen molar-refractivity contribution in [3.63, 3.8) is 0 Å². The molecule has 1 N–H and O–H groups in total. The predicted molar refractivity (Wildman–Crippen MR) is 112 cm³/mol. The molecule has 0 aliphatic carbocycles. The molecule has 0 spiro atoms. The lowest BCUT2D eigenvalue weighted by Crippen LogP contribution is -2.11. The lowest BCUT2D eigenvalue weighted by atomic mass is 10.2. The number of amides is 1. The minimum Gasteiger partial charge on any atom is -0.439 e. The Morgan fingerprint density at radius 3 is 2.47 bits per heavy atom. The normalized spacial score (nSPS) is 10.8. The van der Waals surface area contributed by atoms with Crippen LogP contribution in [0.1, 0.15) is 32.3 Å². The summed E-state index contributed by atoms with van der Waals surface area (Å²) in [5, 5.41) is 11.2. The lowest BCUT2D eigenvalue weighted by molar-refractivity contribution is 0.103. The molecule has 0 saturated heterocycles. The van der Waals surface area contributed by atoms with E-state index >= 15 is 0 Å². The van der Waals surface area contributed by atoms with E-state index in [0.717, 1.165) is 28.5 Å². The van der Waals surface area contributed by atoms with E-state index in [1.165, 1.54) is 6.33 Å². The highest BCUT2D eigenvalue weighted by molar-refractivity contribution is 7.08. The maximum Gasteiger partial charge on any atom is 0.269 e. The summed E-state index contributed by atoms with van der Waals surface area (Å²) in [5.41, 5.74) is 4.34. The molecule has 0 aliphatic heterocycles. The fourth-order valence-electron chi connectivity index (χ4n) is 2.80. The monoisotopic (exact) mass is 421 g/mol. The molecule has 4 aromatic rings. The van der Waals surface area contributed by atoms with Gasteiger partial charge in [0.2, 0.25) is 5.88 Å². The van der Waals surface area contributed by atoms with Crippen LogP contribution < -0.4 is 10.1 Å². The summed E-state index contributed by atoms with van der Waals surface area (Å²) in [5.74, 6) is 1.37. The molecule has 0 unspecified atom stereocenters. The zero-order valence-corrected chi connectivity index (χ0v) is 17.7. The second-order valence-corrected chi connectivity index (χ2v) is 7.44.